The summed E-state index contributed by atoms with van der Waals surface area (Å²) in [6, 6.07) is 6.43. The molecule has 2 atom stereocenters. The van der Waals surface area contributed by atoms with E-state index in [1.807, 2.05) is 6.07 Å². The van der Waals surface area contributed by atoms with Gasteiger partial charge in [0.2, 0.25) is 10.0 Å². The number of hydrogen-bond donors (Lipinski definition) is 1. The maximum absolute atomic E-state index is 12.7. The third kappa shape index (κ3) is 5.22. The molecule has 32 heavy (non-hydrogen) atoms. The van der Waals surface area contributed by atoms with Crippen LogP contribution in [-0.4, -0.2) is 44.8 Å². The quantitative estimate of drug-likeness (QED) is 0.607. The molecule has 0 radical (unpaired) electrons. The number of amides is 1. The standard InChI is InChI=1S/C23H30N2O5S2/c1-6-16-8-10-20-17(11-16)12-21(31-20)23(27)30-15(3)22(26)24-19-13-18(9-7-14(19)2)32(28,29)25(4)5/h7,9,12-13,15-16H,6,8,10-11H2,1-5H3,(H,24,26). The highest BCUT2D eigenvalue weighted by molar-refractivity contribution is 7.89. The second kappa shape index (κ2) is 9.72. The van der Waals surface area contributed by atoms with Crippen LogP contribution in [-0.2, 0) is 32.4 Å². The lowest BCUT2D eigenvalue weighted by molar-refractivity contribution is -0.123. The molecule has 1 aliphatic rings. The normalized spacial score (nSPS) is 17.0. The van der Waals surface area contributed by atoms with E-state index in [9.17, 15) is 18.0 Å². The van der Waals surface area contributed by atoms with Crippen molar-refractivity contribution in [1.29, 1.82) is 0 Å². The Balaban J connectivity index is 1.68. The van der Waals surface area contributed by atoms with Crippen LogP contribution in [0.4, 0.5) is 5.69 Å². The Morgan fingerprint density at radius 3 is 2.66 bits per heavy atom. The first kappa shape index (κ1) is 24.4. The highest BCUT2D eigenvalue weighted by atomic mass is 32.2. The van der Waals surface area contributed by atoms with Crippen LogP contribution >= 0.6 is 11.3 Å². The number of carbonyl (C=O) groups is 2. The lowest BCUT2D eigenvalue weighted by Crippen LogP contribution is -2.30. The van der Waals surface area contributed by atoms with Gasteiger partial charge in [0.05, 0.1) is 4.90 Å². The van der Waals surface area contributed by atoms with Gasteiger partial charge in [-0.3, -0.25) is 4.79 Å². The van der Waals surface area contributed by atoms with Crippen LogP contribution in [0.15, 0.2) is 29.2 Å². The number of hydrogen-bond acceptors (Lipinski definition) is 6. The van der Waals surface area contributed by atoms with Gasteiger partial charge < -0.3 is 10.1 Å². The minimum absolute atomic E-state index is 0.0718. The highest BCUT2D eigenvalue weighted by Gasteiger charge is 2.26. The molecule has 2 unspecified atom stereocenters. The molecular formula is C23H30N2O5S2. The van der Waals surface area contributed by atoms with Gasteiger partial charge in [-0.25, -0.2) is 17.5 Å². The molecule has 1 aromatic heterocycles. The first-order chi connectivity index (χ1) is 15.0. The van der Waals surface area contributed by atoms with Crippen molar-refractivity contribution >= 4 is 38.9 Å². The van der Waals surface area contributed by atoms with Crippen LogP contribution in [0.3, 0.4) is 0 Å². The topological polar surface area (TPSA) is 92.8 Å². The van der Waals surface area contributed by atoms with Crippen LogP contribution in [0.25, 0.3) is 0 Å². The number of aryl methyl sites for hydroxylation is 2. The largest absolute Gasteiger partial charge is 0.448 e. The SMILES string of the molecule is CCC1CCc2sc(C(=O)OC(C)C(=O)Nc3cc(S(=O)(=O)N(C)C)ccc3C)cc2C1. The summed E-state index contributed by atoms with van der Waals surface area (Å²) in [6.07, 6.45) is 3.20. The maximum Gasteiger partial charge on any atom is 0.349 e. The number of carbonyl (C=O) groups excluding carboxylic acids is 2. The Kier molecular flexibility index (Phi) is 7.42. The fourth-order valence-electron chi connectivity index (χ4n) is 3.66. The minimum Gasteiger partial charge on any atom is -0.448 e. The van der Waals surface area contributed by atoms with E-state index < -0.39 is 28.0 Å². The summed E-state index contributed by atoms with van der Waals surface area (Å²) in [4.78, 5) is 27.1. The molecule has 0 bridgehead atoms. The molecule has 174 valence electrons. The van der Waals surface area contributed by atoms with E-state index in [0.29, 0.717) is 22.0 Å². The zero-order valence-electron chi connectivity index (χ0n) is 19.1. The number of esters is 1. The smallest absolute Gasteiger partial charge is 0.349 e. The van der Waals surface area contributed by atoms with Crippen molar-refractivity contribution in [2.75, 3.05) is 19.4 Å². The predicted molar refractivity (Wildman–Crippen MR) is 126 cm³/mol. The highest BCUT2D eigenvalue weighted by Crippen LogP contribution is 2.34. The van der Waals surface area contributed by atoms with Crippen LogP contribution in [0.1, 0.15) is 52.4 Å². The van der Waals surface area contributed by atoms with Gasteiger partial charge in [0, 0.05) is 24.7 Å². The van der Waals surface area contributed by atoms with E-state index in [1.54, 1.807) is 13.0 Å². The fourth-order valence-corrected chi connectivity index (χ4v) is 5.68. The van der Waals surface area contributed by atoms with E-state index in [2.05, 4.69) is 12.2 Å². The zero-order chi connectivity index (χ0) is 23.6. The molecule has 1 aromatic carbocycles. The molecule has 9 heteroatoms. The summed E-state index contributed by atoms with van der Waals surface area (Å²) < 4.78 is 31.3. The van der Waals surface area contributed by atoms with Gasteiger partial charge in [-0.2, -0.15) is 0 Å². The Morgan fingerprint density at radius 1 is 1.28 bits per heavy atom. The van der Waals surface area contributed by atoms with Crippen molar-refractivity contribution < 1.29 is 22.7 Å². The molecule has 0 saturated carbocycles. The van der Waals surface area contributed by atoms with Crippen molar-refractivity contribution in [1.82, 2.24) is 4.31 Å². The minimum atomic E-state index is -3.64. The number of anilines is 1. The summed E-state index contributed by atoms with van der Waals surface area (Å²) in [6.45, 7) is 5.45. The molecule has 1 N–H and O–H groups in total. The monoisotopic (exact) mass is 478 g/mol. The molecular weight excluding hydrogens is 448 g/mol. The maximum atomic E-state index is 12.7. The van der Waals surface area contributed by atoms with Crippen molar-refractivity contribution in [2.24, 2.45) is 5.92 Å². The Hall–Kier alpha value is -2.23. The number of sulfonamides is 1. The van der Waals surface area contributed by atoms with Crippen LogP contribution < -0.4 is 5.32 Å². The summed E-state index contributed by atoms with van der Waals surface area (Å²) in [5.74, 6) is -0.380. The van der Waals surface area contributed by atoms with Gasteiger partial charge in [-0.05, 0) is 68.4 Å². The number of thiophene rings is 1. The van der Waals surface area contributed by atoms with E-state index in [0.717, 1.165) is 30.0 Å². The second-order valence-electron chi connectivity index (χ2n) is 8.38. The number of rotatable bonds is 7. The molecule has 0 saturated heterocycles. The van der Waals surface area contributed by atoms with Crippen molar-refractivity contribution in [3.05, 3.63) is 45.1 Å². The van der Waals surface area contributed by atoms with Crippen LogP contribution in [0.5, 0.6) is 0 Å². The average molecular weight is 479 g/mol. The van der Waals surface area contributed by atoms with Crippen LogP contribution in [0, 0.1) is 12.8 Å². The van der Waals surface area contributed by atoms with E-state index in [4.69, 9.17) is 4.74 Å². The number of nitrogens with zero attached hydrogens (tertiary/aromatic N) is 1. The van der Waals surface area contributed by atoms with Crippen molar-refractivity contribution in [3.63, 3.8) is 0 Å². The third-order valence-corrected chi connectivity index (χ3v) is 8.89. The Labute approximate surface area is 193 Å². The molecule has 0 aliphatic heterocycles. The summed E-state index contributed by atoms with van der Waals surface area (Å²) in [5, 5.41) is 2.68. The lowest BCUT2D eigenvalue weighted by Gasteiger charge is -2.19. The molecule has 1 aliphatic carbocycles. The van der Waals surface area contributed by atoms with Crippen molar-refractivity contribution in [3.8, 4) is 0 Å². The number of ether oxygens (including phenoxy) is 1. The van der Waals surface area contributed by atoms with Gasteiger partial charge in [-0.1, -0.05) is 19.4 Å². The molecule has 0 spiro atoms. The second-order valence-corrected chi connectivity index (χ2v) is 11.7. The first-order valence-electron chi connectivity index (χ1n) is 10.7. The van der Waals surface area contributed by atoms with Crippen molar-refractivity contribution in [2.45, 2.75) is 57.5 Å². The van der Waals surface area contributed by atoms with Crippen LogP contribution in [0.2, 0.25) is 0 Å². The number of fused-ring (bicyclic) bond motifs is 1. The lowest BCUT2D eigenvalue weighted by atomic mass is 9.87. The molecule has 7 nitrogen and oxygen atoms in total. The van der Waals surface area contributed by atoms with E-state index >= 15 is 0 Å². The van der Waals surface area contributed by atoms with Gasteiger partial charge in [0.15, 0.2) is 6.10 Å². The van der Waals surface area contributed by atoms with Gasteiger partial charge >= 0.3 is 5.97 Å². The molecule has 1 amide bonds. The first-order valence-corrected chi connectivity index (χ1v) is 12.9. The third-order valence-electron chi connectivity index (χ3n) is 5.86. The number of benzene rings is 1. The Bertz CT molecular complexity index is 1120. The van der Waals surface area contributed by atoms with E-state index in [-0.39, 0.29) is 4.90 Å². The molecule has 3 rings (SSSR count). The summed E-state index contributed by atoms with van der Waals surface area (Å²) in [5.41, 5.74) is 2.27. The van der Waals surface area contributed by atoms with Gasteiger partial charge in [0.1, 0.15) is 4.88 Å². The van der Waals surface area contributed by atoms with Gasteiger partial charge in [-0.15, -0.1) is 11.3 Å². The average Bonchev–Trinajstić information content (AvgIpc) is 3.18. The molecule has 2 aromatic rings. The Morgan fingerprint density at radius 2 is 2.00 bits per heavy atom. The zero-order valence-corrected chi connectivity index (χ0v) is 20.7. The van der Waals surface area contributed by atoms with E-state index in [1.165, 1.54) is 54.9 Å². The predicted octanol–water partition coefficient (Wildman–Crippen LogP) is 4.01. The summed E-state index contributed by atoms with van der Waals surface area (Å²) in [7, 11) is -0.748. The van der Waals surface area contributed by atoms with Gasteiger partial charge in [0.25, 0.3) is 5.91 Å². The fraction of sp³-hybridized carbons (Fsp3) is 0.478. The molecule has 0 fully saturated rings. The molecule has 1 heterocycles. The summed E-state index contributed by atoms with van der Waals surface area (Å²) >= 11 is 1.45. The number of nitrogens with one attached hydrogen (secondary N) is 1.